The van der Waals surface area contributed by atoms with E-state index in [1.807, 2.05) is 75.4 Å². The van der Waals surface area contributed by atoms with Gasteiger partial charge in [-0.3, -0.25) is 9.36 Å². The second-order valence-corrected chi connectivity index (χ2v) is 13.1. The molecule has 250 valence electrons. The molecule has 12 heteroatoms. The van der Waals surface area contributed by atoms with Crippen molar-refractivity contribution in [3.8, 4) is 28.7 Å². The van der Waals surface area contributed by atoms with Crippen LogP contribution in [-0.4, -0.2) is 36.6 Å². The summed E-state index contributed by atoms with van der Waals surface area (Å²) in [4.78, 5) is 32.8. The van der Waals surface area contributed by atoms with Crippen LogP contribution < -0.4 is 38.6 Å². The average molecular weight is 736 g/mol. The predicted molar refractivity (Wildman–Crippen MR) is 185 cm³/mol. The van der Waals surface area contributed by atoms with E-state index in [9.17, 15) is 9.59 Å². The first-order chi connectivity index (χ1) is 23.2. The third-order valence-corrected chi connectivity index (χ3v) is 9.11. The summed E-state index contributed by atoms with van der Waals surface area (Å²) >= 11 is 4.90. The Kier molecular flexibility index (Phi) is 9.93. The van der Waals surface area contributed by atoms with E-state index >= 15 is 0 Å². The molecule has 1 aromatic heterocycles. The molecule has 0 saturated heterocycles. The van der Waals surface area contributed by atoms with E-state index in [1.165, 1.54) is 11.3 Å². The zero-order valence-corrected chi connectivity index (χ0v) is 29.6. The van der Waals surface area contributed by atoms with E-state index in [-0.39, 0.29) is 31.7 Å². The SMILES string of the molecule is CCOC(=O)C1=C(C)N=c2s/c(=C/c3cc(Br)c(OCc4ccc5c(c4)OCO5)c(OCC)c3)c(=O)n2[C@H]1c1ccccc1OC(C)C. The molecular weight excluding hydrogens is 700 g/mol. The maximum absolute atomic E-state index is 14.3. The number of fused-ring (bicyclic) bond motifs is 2. The summed E-state index contributed by atoms with van der Waals surface area (Å²) in [6.07, 6.45) is 1.66. The molecule has 0 aliphatic carbocycles. The molecule has 1 atom stereocenters. The van der Waals surface area contributed by atoms with Crippen LogP contribution in [0.25, 0.3) is 6.08 Å². The molecule has 0 amide bonds. The van der Waals surface area contributed by atoms with Crippen LogP contribution in [0, 0.1) is 0 Å². The third-order valence-electron chi connectivity index (χ3n) is 7.54. The van der Waals surface area contributed by atoms with Crippen LogP contribution >= 0.6 is 27.3 Å². The van der Waals surface area contributed by atoms with Crippen molar-refractivity contribution in [1.29, 1.82) is 0 Å². The number of halogens is 1. The van der Waals surface area contributed by atoms with Crippen LogP contribution in [0.15, 0.2) is 80.1 Å². The third kappa shape index (κ3) is 6.72. The smallest absolute Gasteiger partial charge is 0.338 e. The highest BCUT2D eigenvalue weighted by Gasteiger charge is 2.35. The summed E-state index contributed by atoms with van der Waals surface area (Å²) < 4.78 is 37.3. The van der Waals surface area contributed by atoms with Crippen LogP contribution in [-0.2, 0) is 16.1 Å². The lowest BCUT2D eigenvalue weighted by Crippen LogP contribution is -2.40. The van der Waals surface area contributed by atoms with Gasteiger partial charge in [-0.15, -0.1) is 0 Å². The Labute approximate surface area is 290 Å². The molecule has 10 nitrogen and oxygen atoms in total. The van der Waals surface area contributed by atoms with Gasteiger partial charge in [-0.1, -0.05) is 35.6 Å². The highest BCUT2D eigenvalue weighted by atomic mass is 79.9. The number of carbonyl (C=O) groups excluding carboxylic acids is 1. The van der Waals surface area contributed by atoms with Gasteiger partial charge in [0.25, 0.3) is 5.56 Å². The molecule has 0 unspecified atom stereocenters. The van der Waals surface area contributed by atoms with Gasteiger partial charge in [0.15, 0.2) is 27.8 Å². The minimum Gasteiger partial charge on any atom is -0.491 e. The van der Waals surface area contributed by atoms with Crippen molar-refractivity contribution in [2.24, 2.45) is 4.99 Å². The number of aromatic nitrogens is 1. The fraction of sp³-hybridized carbons (Fsp3) is 0.306. The van der Waals surface area contributed by atoms with Gasteiger partial charge in [0.1, 0.15) is 18.4 Å². The molecule has 0 bridgehead atoms. The van der Waals surface area contributed by atoms with E-state index in [2.05, 4.69) is 15.9 Å². The molecular formula is C36H35BrN2O8S. The Morgan fingerprint density at radius 3 is 2.62 bits per heavy atom. The van der Waals surface area contributed by atoms with E-state index in [0.29, 0.717) is 71.6 Å². The summed E-state index contributed by atoms with van der Waals surface area (Å²) in [5, 5.41) is 0. The van der Waals surface area contributed by atoms with Crippen LogP contribution in [0.2, 0.25) is 0 Å². The Hall–Kier alpha value is -4.55. The Balaban J connectivity index is 1.41. The molecule has 0 radical (unpaired) electrons. The topological polar surface area (TPSA) is 107 Å². The monoisotopic (exact) mass is 734 g/mol. The van der Waals surface area contributed by atoms with Crippen molar-refractivity contribution in [3.05, 3.63) is 107 Å². The van der Waals surface area contributed by atoms with Crippen LogP contribution in [0.5, 0.6) is 28.7 Å². The number of esters is 1. The zero-order valence-electron chi connectivity index (χ0n) is 27.2. The number of benzene rings is 3. The number of para-hydroxylation sites is 1. The summed E-state index contributed by atoms with van der Waals surface area (Å²) in [6.45, 7) is 10.3. The maximum Gasteiger partial charge on any atom is 0.338 e. The second kappa shape index (κ2) is 14.3. The number of nitrogens with zero attached hydrogens (tertiary/aromatic N) is 2. The van der Waals surface area contributed by atoms with Crippen molar-refractivity contribution < 1.29 is 33.2 Å². The van der Waals surface area contributed by atoms with Crippen LogP contribution in [0.3, 0.4) is 0 Å². The maximum atomic E-state index is 14.3. The van der Waals surface area contributed by atoms with Gasteiger partial charge >= 0.3 is 5.97 Å². The molecule has 4 aromatic rings. The van der Waals surface area contributed by atoms with E-state index in [1.54, 1.807) is 24.5 Å². The predicted octanol–water partition coefficient (Wildman–Crippen LogP) is 6.05. The second-order valence-electron chi connectivity index (χ2n) is 11.2. The van der Waals surface area contributed by atoms with Gasteiger partial charge in [-0.2, -0.15) is 0 Å². The van der Waals surface area contributed by atoms with Gasteiger partial charge in [0.05, 0.1) is 39.6 Å². The van der Waals surface area contributed by atoms with Crippen molar-refractivity contribution in [2.75, 3.05) is 20.0 Å². The Bertz CT molecular complexity index is 2080. The lowest BCUT2D eigenvalue weighted by atomic mass is 9.95. The molecule has 48 heavy (non-hydrogen) atoms. The summed E-state index contributed by atoms with van der Waals surface area (Å²) in [5.41, 5.74) is 2.77. The van der Waals surface area contributed by atoms with Crippen molar-refractivity contribution in [1.82, 2.24) is 4.57 Å². The molecule has 6 rings (SSSR count). The van der Waals surface area contributed by atoms with Gasteiger partial charge in [0.2, 0.25) is 6.79 Å². The summed E-state index contributed by atoms with van der Waals surface area (Å²) in [6, 6.07) is 16.0. The van der Waals surface area contributed by atoms with Gasteiger partial charge < -0.3 is 28.4 Å². The molecule has 0 spiro atoms. The Morgan fingerprint density at radius 1 is 1.06 bits per heavy atom. The molecule has 0 N–H and O–H groups in total. The van der Waals surface area contributed by atoms with Gasteiger partial charge in [-0.05, 0) is 98.1 Å². The average Bonchev–Trinajstić information content (AvgIpc) is 3.63. The van der Waals surface area contributed by atoms with Gasteiger partial charge in [0, 0.05) is 5.56 Å². The van der Waals surface area contributed by atoms with E-state index in [0.717, 1.165) is 5.56 Å². The number of hydrogen-bond acceptors (Lipinski definition) is 10. The first kappa shape index (κ1) is 33.4. The van der Waals surface area contributed by atoms with Crippen molar-refractivity contribution >= 4 is 39.3 Å². The molecule has 0 fully saturated rings. The highest BCUT2D eigenvalue weighted by molar-refractivity contribution is 9.10. The first-order valence-electron chi connectivity index (χ1n) is 15.6. The lowest BCUT2D eigenvalue weighted by Gasteiger charge is -2.26. The molecule has 3 aromatic carbocycles. The number of allylic oxidation sites excluding steroid dienone is 1. The number of carbonyl (C=O) groups is 1. The van der Waals surface area contributed by atoms with Crippen LogP contribution in [0.4, 0.5) is 0 Å². The largest absolute Gasteiger partial charge is 0.491 e. The number of thiazole rings is 1. The fourth-order valence-electron chi connectivity index (χ4n) is 5.57. The molecule has 3 heterocycles. The molecule has 2 aliphatic heterocycles. The standard InChI is InChI=1S/C36H35BrN2O8S/c1-6-42-29-16-23(14-25(37)33(29)44-18-22-12-13-27-28(15-22)46-19-45-27)17-30-34(40)39-32(24-10-8-9-11-26(24)47-20(3)4)31(35(41)43-7-2)21(5)38-36(39)48-30/h8-17,20,32H,6-7,18-19H2,1-5H3/b30-17+/t32-/m0/s1. The lowest BCUT2D eigenvalue weighted by molar-refractivity contribution is -0.139. The normalized spacial score (nSPS) is 15.3. The van der Waals surface area contributed by atoms with Crippen molar-refractivity contribution in [3.63, 3.8) is 0 Å². The summed E-state index contributed by atoms with van der Waals surface area (Å²) in [5.74, 6) is 2.48. The minimum atomic E-state index is -0.796. The zero-order chi connectivity index (χ0) is 33.9. The van der Waals surface area contributed by atoms with Crippen molar-refractivity contribution in [2.45, 2.75) is 53.4 Å². The highest BCUT2D eigenvalue weighted by Crippen LogP contribution is 2.39. The fourth-order valence-corrected chi connectivity index (χ4v) is 7.19. The molecule has 2 aliphatic rings. The van der Waals surface area contributed by atoms with E-state index < -0.39 is 12.0 Å². The number of ether oxygens (including phenoxy) is 6. The Morgan fingerprint density at radius 2 is 1.85 bits per heavy atom. The number of hydrogen-bond donors (Lipinski definition) is 0. The minimum absolute atomic E-state index is 0.125. The van der Waals surface area contributed by atoms with E-state index in [4.69, 9.17) is 33.4 Å². The van der Waals surface area contributed by atoms with Crippen LogP contribution in [0.1, 0.15) is 57.4 Å². The summed E-state index contributed by atoms with van der Waals surface area (Å²) in [7, 11) is 0. The first-order valence-corrected chi connectivity index (χ1v) is 17.2. The molecule has 0 saturated carbocycles. The quantitative estimate of drug-likeness (QED) is 0.172. The number of rotatable bonds is 11. The van der Waals surface area contributed by atoms with Gasteiger partial charge in [-0.25, -0.2) is 9.79 Å².